The van der Waals surface area contributed by atoms with Crippen molar-refractivity contribution in [2.45, 2.75) is 25.0 Å². The molecule has 0 spiro atoms. The van der Waals surface area contributed by atoms with Crippen molar-refractivity contribution in [3.8, 4) is 5.75 Å². The van der Waals surface area contributed by atoms with Gasteiger partial charge >= 0.3 is 5.97 Å². The molecule has 1 aromatic carbocycles. The highest BCUT2D eigenvalue weighted by molar-refractivity contribution is 5.85. The van der Waals surface area contributed by atoms with E-state index in [0.717, 1.165) is 5.56 Å². The van der Waals surface area contributed by atoms with Crippen molar-refractivity contribution in [3.63, 3.8) is 0 Å². The molecule has 18 heavy (non-hydrogen) atoms. The number of nitroso groups, excluding NO2 is 1. The lowest BCUT2D eigenvalue weighted by molar-refractivity contribution is -0.155. The van der Waals surface area contributed by atoms with E-state index in [9.17, 15) is 9.70 Å². The van der Waals surface area contributed by atoms with Gasteiger partial charge in [0.05, 0.1) is 6.61 Å². The molecule has 1 aliphatic carbocycles. The maximum absolute atomic E-state index is 11.9. The molecular formula is C13H13NO4. The lowest BCUT2D eigenvalue weighted by Crippen LogP contribution is -2.37. The minimum atomic E-state index is -0.983. The Balaban J connectivity index is 1.98. The van der Waals surface area contributed by atoms with E-state index < -0.39 is 17.6 Å². The normalized spacial score (nSPS) is 31.6. The molecular weight excluding hydrogens is 234 g/mol. The van der Waals surface area contributed by atoms with Crippen molar-refractivity contribution < 1.29 is 14.3 Å². The second kappa shape index (κ2) is 3.80. The molecule has 3 atom stereocenters. The van der Waals surface area contributed by atoms with E-state index in [1.165, 1.54) is 0 Å². The van der Waals surface area contributed by atoms with Crippen LogP contribution in [0.2, 0.25) is 0 Å². The standard InChI is InChI=1S/C13H13NO4/c1-2-17-12(15)13-7-9(13)11(14-16)8-5-3-4-6-10(8)18-13/h3-6,9,11H,2,7H2,1H3/t9?,11?,13-/m0/s1. The number of nitrogens with zero attached hydrogens (tertiary/aromatic N) is 1. The van der Waals surface area contributed by atoms with E-state index in [0.29, 0.717) is 18.8 Å². The molecule has 2 aliphatic rings. The molecule has 5 heteroatoms. The van der Waals surface area contributed by atoms with E-state index in [4.69, 9.17) is 9.47 Å². The molecule has 5 nitrogen and oxygen atoms in total. The number of para-hydroxylation sites is 1. The Morgan fingerprint density at radius 3 is 3.06 bits per heavy atom. The Labute approximate surface area is 104 Å². The summed E-state index contributed by atoms with van der Waals surface area (Å²) in [6.45, 7) is 2.05. The van der Waals surface area contributed by atoms with Crippen LogP contribution in [0.1, 0.15) is 24.9 Å². The van der Waals surface area contributed by atoms with Crippen LogP contribution in [0, 0.1) is 10.8 Å². The van der Waals surface area contributed by atoms with Gasteiger partial charge in [-0.3, -0.25) is 0 Å². The van der Waals surface area contributed by atoms with Crippen LogP contribution >= 0.6 is 0 Å². The summed E-state index contributed by atoms with van der Waals surface area (Å²) in [6.07, 6.45) is 0.497. The van der Waals surface area contributed by atoms with E-state index in [2.05, 4.69) is 5.18 Å². The Bertz CT molecular complexity index is 515. The molecule has 2 unspecified atom stereocenters. The summed E-state index contributed by atoms with van der Waals surface area (Å²) in [7, 11) is 0. The van der Waals surface area contributed by atoms with Crippen LogP contribution in [0.5, 0.6) is 5.75 Å². The van der Waals surface area contributed by atoms with Gasteiger partial charge < -0.3 is 9.47 Å². The van der Waals surface area contributed by atoms with Crippen molar-refractivity contribution >= 4 is 5.97 Å². The molecule has 0 bridgehead atoms. The second-order valence-electron chi connectivity index (χ2n) is 4.61. The third kappa shape index (κ3) is 1.36. The Kier molecular flexibility index (Phi) is 2.36. The van der Waals surface area contributed by atoms with Gasteiger partial charge in [0.2, 0.25) is 5.60 Å². The van der Waals surface area contributed by atoms with Gasteiger partial charge in [-0.15, -0.1) is 0 Å². The van der Waals surface area contributed by atoms with Crippen LogP contribution in [-0.2, 0) is 9.53 Å². The number of hydrogen-bond donors (Lipinski definition) is 0. The van der Waals surface area contributed by atoms with Gasteiger partial charge in [-0.2, -0.15) is 4.91 Å². The molecule has 94 valence electrons. The lowest BCUT2D eigenvalue weighted by atomic mass is 9.97. The first kappa shape index (κ1) is 11.2. The zero-order chi connectivity index (χ0) is 12.8. The largest absolute Gasteiger partial charge is 0.475 e. The number of fused-ring (bicyclic) bond motifs is 2. The summed E-state index contributed by atoms with van der Waals surface area (Å²) in [4.78, 5) is 23.0. The predicted octanol–water partition coefficient (Wildman–Crippen LogP) is 2.21. The molecule has 0 saturated heterocycles. The summed E-state index contributed by atoms with van der Waals surface area (Å²) in [5, 5.41) is 3.16. The smallest absolute Gasteiger partial charge is 0.350 e. The van der Waals surface area contributed by atoms with E-state index >= 15 is 0 Å². The molecule has 1 aliphatic heterocycles. The maximum Gasteiger partial charge on any atom is 0.350 e. The Morgan fingerprint density at radius 1 is 1.56 bits per heavy atom. The number of ether oxygens (including phenoxy) is 2. The Hall–Kier alpha value is -1.91. The lowest BCUT2D eigenvalue weighted by Gasteiger charge is -2.27. The van der Waals surface area contributed by atoms with Crippen LogP contribution in [-0.4, -0.2) is 18.2 Å². The minimum Gasteiger partial charge on any atom is -0.475 e. The highest BCUT2D eigenvalue weighted by atomic mass is 16.6. The van der Waals surface area contributed by atoms with Crippen LogP contribution in [0.4, 0.5) is 0 Å². The molecule has 0 amide bonds. The van der Waals surface area contributed by atoms with Gasteiger partial charge in [0.25, 0.3) is 0 Å². The van der Waals surface area contributed by atoms with Crippen LogP contribution in [0.3, 0.4) is 0 Å². The van der Waals surface area contributed by atoms with Crippen molar-refractivity contribution in [2.24, 2.45) is 11.1 Å². The molecule has 1 aromatic rings. The average molecular weight is 247 g/mol. The summed E-state index contributed by atoms with van der Waals surface area (Å²) < 4.78 is 10.8. The molecule has 0 N–H and O–H groups in total. The molecule has 1 fully saturated rings. The van der Waals surface area contributed by atoms with Gasteiger partial charge in [0.15, 0.2) is 0 Å². The number of carbonyl (C=O) groups excluding carboxylic acids is 1. The molecule has 0 radical (unpaired) electrons. The maximum atomic E-state index is 11.9. The summed E-state index contributed by atoms with van der Waals surface area (Å²) in [5.74, 6) is -0.0222. The van der Waals surface area contributed by atoms with Crippen molar-refractivity contribution in [1.82, 2.24) is 0 Å². The quantitative estimate of drug-likeness (QED) is 0.606. The molecule has 3 rings (SSSR count). The number of esters is 1. The van der Waals surface area contributed by atoms with Crippen molar-refractivity contribution in [3.05, 3.63) is 34.7 Å². The van der Waals surface area contributed by atoms with Gasteiger partial charge in [-0.05, 0) is 13.0 Å². The van der Waals surface area contributed by atoms with Gasteiger partial charge in [0, 0.05) is 17.9 Å². The minimum absolute atomic E-state index is 0.191. The number of carbonyl (C=O) groups is 1. The van der Waals surface area contributed by atoms with Gasteiger partial charge in [-0.1, -0.05) is 23.4 Å². The molecule has 1 saturated carbocycles. The zero-order valence-corrected chi connectivity index (χ0v) is 9.96. The fraction of sp³-hybridized carbons (Fsp3) is 0.462. The topological polar surface area (TPSA) is 65.0 Å². The highest BCUT2D eigenvalue weighted by Crippen LogP contribution is 2.60. The highest BCUT2D eigenvalue weighted by Gasteiger charge is 2.70. The summed E-state index contributed by atoms with van der Waals surface area (Å²) >= 11 is 0. The molecule has 1 heterocycles. The third-order valence-corrected chi connectivity index (χ3v) is 3.61. The number of benzene rings is 1. The number of hydrogen-bond acceptors (Lipinski definition) is 5. The van der Waals surface area contributed by atoms with Crippen LogP contribution < -0.4 is 4.74 Å². The first-order chi connectivity index (χ1) is 8.73. The van der Waals surface area contributed by atoms with Gasteiger partial charge in [0.1, 0.15) is 11.8 Å². The Morgan fingerprint density at radius 2 is 2.33 bits per heavy atom. The summed E-state index contributed by atoms with van der Waals surface area (Å²) in [6, 6.07) is 6.69. The second-order valence-corrected chi connectivity index (χ2v) is 4.61. The number of rotatable bonds is 3. The first-order valence-corrected chi connectivity index (χ1v) is 6.00. The van der Waals surface area contributed by atoms with E-state index in [1.54, 1.807) is 13.0 Å². The van der Waals surface area contributed by atoms with Crippen LogP contribution in [0.15, 0.2) is 29.4 Å². The monoisotopic (exact) mass is 247 g/mol. The third-order valence-electron chi connectivity index (χ3n) is 3.61. The van der Waals surface area contributed by atoms with E-state index in [-0.39, 0.29) is 5.92 Å². The van der Waals surface area contributed by atoms with E-state index in [1.807, 2.05) is 18.2 Å². The van der Waals surface area contributed by atoms with Crippen LogP contribution in [0.25, 0.3) is 0 Å². The molecule has 0 aromatic heterocycles. The zero-order valence-electron chi connectivity index (χ0n) is 9.96. The van der Waals surface area contributed by atoms with Crippen molar-refractivity contribution in [1.29, 1.82) is 0 Å². The fourth-order valence-electron chi connectivity index (χ4n) is 2.64. The average Bonchev–Trinajstić information content (AvgIpc) is 3.11. The van der Waals surface area contributed by atoms with Gasteiger partial charge in [-0.25, -0.2) is 4.79 Å². The SMILES string of the molecule is CCOC(=O)[C@]12CC1C(N=O)c1ccccc1O2. The fourth-order valence-corrected chi connectivity index (χ4v) is 2.64. The van der Waals surface area contributed by atoms with Crippen molar-refractivity contribution in [2.75, 3.05) is 6.61 Å². The summed E-state index contributed by atoms with van der Waals surface area (Å²) in [5.41, 5.74) is -0.224. The first-order valence-electron chi connectivity index (χ1n) is 6.00. The predicted molar refractivity (Wildman–Crippen MR) is 63.1 cm³/mol.